The van der Waals surface area contributed by atoms with Crippen molar-refractivity contribution in [3.63, 3.8) is 0 Å². The third-order valence-corrected chi connectivity index (χ3v) is 8.58. The molecule has 3 N–H and O–H groups in total. The van der Waals surface area contributed by atoms with Crippen molar-refractivity contribution in [2.75, 3.05) is 20.8 Å². The number of allylic oxidation sites excluding steroid dienone is 3. The molecule has 236 valence electrons. The van der Waals surface area contributed by atoms with Crippen LogP contribution in [-0.4, -0.2) is 96.9 Å². The number of aliphatic hydroxyl groups excluding tert-OH is 3. The minimum absolute atomic E-state index is 0.0494. The summed E-state index contributed by atoms with van der Waals surface area (Å²) in [4.78, 5) is 25.9. The molecule has 2 heterocycles. The Balaban J connectivity index is 2.37. The van der Waals surface area contributed by atoms with E-state index in [0.29, 0.717) is 19.3 Å². The van der Waals surface area contributed by atoms with Crippen LogP contribution in [0.3, 0.4) is 0 Å². The molecule has 1 fully saturated rings. The van der Waals surface area contributed by atoms with E-state index >= 15 is 0 Å². The monoisotopic (exact) mass is 584 g/mol. The number of hydrogen-bond donors (Lipinski definition) is 3. The summed E-state index contributed by atoms with van der Waals surface area (Å²) in [5, 5.41) is 32.3. The van der Waals surface area contributed by atoms with Gasteiger partial charge in [0, 0.05) is 32.0 Å². The Bertz CT molecular complexity index is 888. The maximum atomic E-state index is 13.0. The van der Waals surface area contributed by atoms with Gasteiger partial charge >= 0.3 is 5.97 Å². The molecule has 41 heavy (non-hydrogen) atoms. The molecule has 10 nitrogen and oxygen atoms in total. The Hall–Kier alpha value is -1.66. The standard InChI is InChI=1S/C31H52O10/c1-9-21-14-18(4)23(32)12-11-17(3)13-22(25(10-2)41-26(34)15-24(33)19(5)27(21)35)16-39-31-30(38-8)29(37-7)28(36)20(6)40-31/h11-13,18-22,24-25,27-31,33,35-36H,9-10,14-16H2,1-8H3/b12-11+,17-13+/t18-,19+,20-,21+,22-,24-,25-,27-,28-,29-,30-,31-/m1/s1. The zero-order valence-electron chi connectivity index (χ0n) is 25.9. The van der Waals surface area contributed by atoms with E-state index in [1.807, 2.05) is 33.8 Å². The van der Waals surface area contributed by atoms with E-state index in [0.717, 1.165) is 5.57 Å². The van der Waals surface area contributed by atoms with Gasteiger partial charge in [0.25, 0.3) is 0 Å². The number of rotatable bonds is 7. The number of carbonyl (C=O) groups excluding carboxylic acids is 2. The fourth-order valence-corrected chi connectivity index (χ4v) is 5.70. The molecule has 0 spiro atoms. The van der Waals surface area contributed by atoms with Gasteiger partial charge in [-0.05, 0) is 38.7 Å². The molecule has 0 bridgehead atoms. The highest BCUT2D eigenvalue weighted by atomic mass is 16.7. The predicted molar refractivity (Wildman–Crippen MR) is 153 cm³/mol. The first-order valence-electron chi connectivity index (χ1n) is 14.8. The number of esters is 1. The van der Waals surface area contributed by atoms with Crippen molar-refractivity contribution >= 4 is 11.8 Å². The maximum absolute atomic E-state index is 13.0. The quantitative estimate of drug-likeness (QED) is 0.383. The number of ketones is 1. The summed E-state index contributed by atoms with van der Waals surface area (Å²) in [5.41, 5.74) is 0.785. The van der Waals surface area contributed by atoms with Crippen molar-refractivity contribution in [3.05, 3.63) is 23.8 Å². The Morgan fingerprint density at radius 2 is 1.61 bits per heavy atom. The van der Waals surface area contributed by atoms with Crippen LogP contribution in [0.15, 0.2) is 23.8 Å². The van der Waals surface area contributed by atoms with Crippen molar-refractivity contribution in [2.24, 2.45) is 23.7 Å². The number of cyclic esters (lactones) is 1. The van der Waals surface area contributed by atoms with Crippen molar-refractivity contribution in [1.29, 1.82) is 0 Å². The van der Waals surface area contributed by atoms with Crippen LogP contribution in [-0.2, 0) is 33.3 Å². The molecule has 0 saturated carbocycles. The molecule has 0 amide bonds. The van der Waals surface area contributed by atoms with E-state index in [1.54, 1.807) is 26.0 Å². The van der Waals surface area contributed by atoms with E-state index in [-0.39, 0.29) is 30.6 Å². The van der Waals surface area contributed by atoms with Crippen LogP contribution in [0.2, 0.25) is 0 Å². The third-order valence-electron chi connectivity index (χ3n) is 8.58. The first-order valence-corrected chi connectivity index (χ1v) is 14.8. The lowest BCUT2D eigenvalue weighted by molar-refractivity contribution is -0.304. The third kappa shape index (κ3) is 9.68. The second-order valence-electron chi connectivity index (χ2n) is 11.6. The van der Waals surface area contributed by atoms with E-state index in [1.165, 1.54) is 14.2 Å². The van der Waals surface area contributed by atoms with E-state index in [2.05, 4.69) is 0 Å². The van der Waals surface area contributed by atoms with Crippen LogP contribution in [0.1, 0.15) is 67.2 Å². The summed E-state index contributed by atoms with van der Waals surface area (Å²) >= 11 is 0. The van der Waals surface area contributed by atoms with Crippen LogP contribution >= 0.6 is 0 Å². The highest BCUT2D eigenvalue weighted by Crippen LogP contribution is 2.30. The summed E-state index contributed by atoms with van der Waals surface area (Å²) in [6.45, 7) is 11.0. The molecule has 0 aromatic rings. The van der Waals surface area contributed by atoms with Crippen LogP contribution < -0.4 is 0 Å². The van der Waals surface area contributed by atoms with Gasteiger partial charge in [0.05, 0.1) is 31.3 Å². The number of hydrogen-bond acceptors (Lipinski definition) is 10. The number of ether oxygens (including phenoxy) is 5. The molecule has 2 rings (SSSR count). The fourth-order valence-electron chi connectivity index (χ4n) is 5.70. The molecule has 0 aromatic heterocycles. The van der Waals surface area contributed by atoms with Gasteiger partial charge in [-0.3, -0.25) is 9.59 Å². The smallest absolute Gasteiger partial charge is 0.308 e. The summed E-state index contributed by atoms with van der Waals surface area (Å²) in [6.07, 6.45) is 0.241. The van der Waals surface area contributed by atoms with Crippen molar-refractivity contribution in [3.8, 4) is 0 Å². The van der Waals surface area contributed by atoms with Gasteiger partial charge in [-0.15, -0.1) is 0 Å². The lowest BCUT2D eigenvalue weighted by Gasteiger charge is -2.42. The second-order valence-corrected chi connectivity index (χ2v) is 11.6. The topological polar surface area (TPSA) is 141 Å². The van der Waals surface area contributed by atoms with Gasteiger partial charge in [0.1, 0.15) is 24.4 Å². The van der Waals surface area contributed by atoms with E-state index in [4.69, 9.17) is 23.7 Å². The summed E-state index contributed by atoms with van der Waals surface area (Å²) in [5.74, 6) is -2.14. The summed E-state index contributed by atoms with van der Waals surface area (Å²) in [7, 11) is 2.97. The van der Waals surface area contributed by atoms with Gasteiger partial charge < -0.3 is 39.0 Å². The molecule has 0 aliphatic carbocycles. The molecule has 10 heteroatoms. The molecule has 0 unspecified atom stereocenters. The van der Waals surface area contributed by atoms with Crippen LogP contribution in [0.4, 0.5) is 0 Å². The zero-order valence-corrected chi connectivity index (χ0v) is 25.9. The van der Waals surface area contributed by atoms with Crippen molar-refractivity contribution in [1.82, 2.24) is 0 Å². The fraction of sp³-hybridized carbons (Fsp3) is 0.806. The highest BCUT2D eigenvalue weighted by molar-refractivity contribution is 5.91. The van der Waals surface area contributed by atoms with Crippen molar-refractivity contribution in [2.45, 2.75) is 116 Å². The first-order chi connectivity index (χ1) is 19.4. The molecular formula is C31H52O10. The molecule has 2 aliphatic heterocycles. The van der Waals surface area contributed by atoms with Gasteiger partial charge in [-0.25, -0.2) is 0 Å². The van der Waals surface area contributed by atoms with Gasteiger partial charge in [-0.1, -0.05) is 51.8 Å². The predicted octanol–water partition coefficient (Wildman–Crippen LogP) is 2.96. The van der Waals surface area contributed by atoms with Gasteiger partial charge in [-0.2, -0.15) is 0 Å². The SMILES string of the molecule is CC[C@H]1C[C@@H](C)C(=O)/C=C/C(C)=C/[C@H](CO[C@@H]2O[C@H](C)[C@@H](O)[C@@H](OC)[C@H]2OC)[C@@H](CC)OC(=O)C[C@@H](O)[C@H](C)[C@H]1O. The molecular weight excluding hydrogens is 532 g/mol. The Labute approximate surface area is 245 Å². The Morgan fingerprint density at radius 3 is 2.20 bits per heavy atom. The number of aliphatic hydroxyl groups is 3. The molecule has 0 aromatic carbocycles. The zero-order chi connectivity index (χ0) is 30.9. The average molecular weight is 585 g/mol. The summed E-state index contributed by atoms with van der Waals surface area (Å²) < 4.78 is 28.9. The Morgan fingerprint density at radius 1 is 0.951 bits per heavy atom. The minimum Gasteiger partial charge on any atom is -0.462 e. The number of methoxy groups -OCH3 is 2. The van der Waals surface area contributed by atoms with Crippen LogP contribution in [0.5, 0.6) is 0 Å². The highest BCUT2D eigenvalue weighted by Gasteiger charge is 2.45. The maximum Gasteiger partial charge on any atom is 0.308 e. The summed E-state index contributed by atoms with van der Waals surface area (Å²) in [6, 6.07) is 0. The van der Waals surface area contributed by atoms with Gasteiger partial charge in [0.15, 0.2) is 12.1 Å². The molecule has 0 radical (unpaired) electrons. The molecule has 12 atom stereocenters. The lowest BCUT2D eigenvalue weighted by Crippen LogP contribution is -2.59. The first kappa shape index (κ1) is 35.5. The average Bonchev–Trinajstić information content (AvgIpc) is 2.95. The molecule has 2 aliphatic rings. The van der Waals surface area contributed by atoms with Gasteiger partial charge in [0.2, 0.25) is 0 Å². The number of carbonyl (C=O) groups is 2. The van der Waals surface area contributed by atoms with Crippen LogP contribution in [0, 0.1) is 23.7 Å². The normalized spacial score (nSPS) is 42.3. The lowest BCUT2D eigenvalue weighted by atomic mass is 9.80. The largest absolute Gasteiger partial charge is 0.462 e. The van der Waals surface area contributed by atoms with E-state index in [9.17, 15) is 24.9 Å². The van der Waals surface area contributed by atoms with Crippen molar-refractivity contribution < 1.29 is 48.6 Å². The van der Waals surface area contributed by atoms with Crippen LogP contribution in [0.25, 0.3) is 0 Å². The molecule has 1 saturated heterocycles. The second kappa shape index (κ2) is 16.8. The Kier molecular flexibility index (Phi) is 14.6. The minimum atomic E-state index is -1.10. The van der Waals surface area contributed by atoms with E-state index < -0.39 is 66.8 Å².